The molecule has 0 amide bonds. The molecule has 2 aromatic heterocycles. The first kappa shape index (κ1) is 19.9. The molecule has 7 aromatic rings. The van der Waals surface area contributed by atoms with E-state index in [1.807, 2.05) is 6.20 Å². The lowest BCUT2D eigenvalue weighted by atomic mass is 9.95. The van der Waals surface area contributed by atoms with Crippen molar-refractivity contribution < 1.29 is 0 Å². The van der Waals surface area contributed by atoms with Gasteiger partial charge in [0.05, 0.1) is 11.0 Å². The van der Waals surface area contributed by atoms with E-state index >= 15 is 0 Å². The second kappa shape index (κ2) is 7.58. The second-order valence-electron chi connectivity index (χ2n) is 9.22. The maximum Gasteiger partial charge on any atom is 0.109 e. The molecule has 0 fully saturated rings. The largest absolute Gasteiger partial charge is 0.309 e. The van der Waals surface area contributed by atoms with E-state index in [-0.39, 0.29) is 0 Å². The summed E-state index contributed by atoms with van der Waals surface area (Å²) < 4.78 is 2.42. The number of aromatic nitrogens is 2. The lowest BCUT2D eigenvalue weighted by molar-refractivity contribution is 1.16. The molecule has 0 saturated carbocycles. The summed E-state index contributed by atoms with van der Waals surface area (Å²) in [4.78, 5) is 6.05. The van der Waals surface area contributed by atoms with E-state index in [0.717, 1.165) is 5.03 Å². The molecule has 1 aliphatic heterocycles. The molecule has 0 radical (unpaired) electrons. The summed E-state index contributed by atoms with van der Waals surface area (Å²) in [6.07, 6.45) is 1.96. The standard InChI is InChI=1S/C33H20N2S/c1-2-8-21(9-3-1)22-14-16-23(17-15-22)35-28-12-6-4-11-25(28)31-26-18-19-34-33-32(26)27(20-29(31)35)24-10-5-7-13-30(24)36-33/h1-20H. The molecular weight excluding hydrogens is 456 g/mol. The molecule has 0 aliphatic carbocycles. The molecule has 0 atom stereocenters. The van der Waals surface area contributed by atoms with E-state index in [4.69, 9.17) is 4.98 Å². The summed E-state index contributed by atoms with van der Waals surface area (Å²) in [5, 5.41) is 6.18. The average Bonchev–Trinajstić information content (AvgIpc) is 3.28. The Labute approximate surface area is 212 Å². The van der Waals surface area contributed by atoms with Crippen molar-refractivity contribution in [3.8, 4) is 27.9 Å². The van der Waals surface area contributed by atoms with Gasteiger partial charge in [-0.05, 0) is 64.0 Å². The van der Waals surface area contributed by atoms with Gasteiger partial charge in [-0.2, -0.15) is 0 Å². The molecule has 1 aliphatic rings. The van der Waals surface area contributed by atoms with Crippen molar-refractivity contribution in [2.24, 2.45) is 0 Å². The fraction of sp³-hybridized carbons (Fsp3) is 0. The van der Waals surface area contributed by atoms with Crippen LogP contribution in [0.5, 0.6) is 0 Å². The highest BCUT2D eigenvalue weighted by molar-refractivity contribution is 7.99. The molecule has 0 N–H and O–H groups in total. The lowest BCUT2D eigenvalue weighted by Gasteiger charge is -2.20. The molecule has 0 unspecified atom stereocenters. The molecule has 8 rings (SSSR count). The average molecular weight is 477 g/mol. The third kappa shape index (κ3) is 2.78. The van der Waals surface area contributed by atoms with Gasteiger partial charge in [0.25, 0.3) is 0 Å². The van der Waals surface area contributed by atoms with Gasteiger partial charge in [-0.1, -0.05) is 90.6 Å². The fourth-order valence-electron chi connectivity index (χ4n) is 5.68. The Morgan fingerprint density at radius 3 is 2.19 bits per heavy atom. The summed E-state index contributed by atoms with van der Waals surface area (Å²) in [7, 11) is 0. The van der Waals surface area contributed by atoms with Crippen molar-refractivity contribution >= 4 is 44.3 Å². The summed E-state index contributed by atoms with van der Waals surface area (Å²) in [5.74, 6) is 0. The number of fused-ring (bicyclic) bond motifs is 6. The topological polar surface area (TPSA) is 17.8 Å². The van der Waals surface area contributed by atoms with E-state index in [1.165, 1.54) is 65.4 Å². The number of hydrogen-bond donors (Lipinski definition) is 0. The Bertz CT molecular complexity index is 1950. The van der Waals surface area contributed by atoms with Crippen LogP contribution >= 0.6 is 11.8 Å². The predicted molar refractivity (Wildman–Crippen MR) is 151 cm³/mol. The molecule has 2 nitrogen and oxygen atoms in total. The monoisotopic (exact) mass is 476 g/mol. The van der Waals surface area contributed by atoms with Gasteiger partial charge in [0.2, 0.25) is 0 Å². The quantitative estimate of drug-likeness (QED) is 0.247. The van der Waals surface area contributed by atoms with Gasteiger partial charge >= 0.3 is 0 Å². The van der Waals surface area contributed by atoms with Crippen LogP contribution in [0.15, 0.2) is 131 Å². The predicted octanol–water partition coefficient (Wildman–Crippen LogP) is 9.13. The van der Waals surface area contributed by atoms with Crippen molar-refractivity contribution in [2.75, 3.05) is 0 Å². The van der Waals surface area contributed by atoms with Crippen LogP contribution in [-0.4, -0.2) is 9.55 Å². The van der Waals surface area contributed by atoms with Crippen LogP contribution in [0.2, 0.25) is 0 Å². The number of rotatable bonds is 2. The molecule has 3 heterocycles. The Kier molecular flexibility index (Phi) is 4.19. The number of nitrogens with zero attached hydrogens (tertiary/aromatic N) is 2. The third-order valence-electron chi connectivity index (χ3n) is 7.26. The zero-order chi connectivity index (χ0) is 23.6. The highest BCUT2D eigenvalue weighted by Gasteiger charge is 2.24. The molecule has 0 bridgehead atoms. The van der Waals surface area contributed by atoms with E-state index < -0.39 is 0 Å². The third-order valence-corrected chi connectivity index (χ3v) is 8.34. The minimum atomic E-state index is 1.09. The Balaban J connectivity index is 1.47. The van der Waals surface area contributed by atoms with E-state index in [0.29, 0.717) is 0 Å². The molecule has 0 saturated heterocycles. The molecule has 168 valence electrons. The molecule has 36 heavy (non-hydrogen) atoms. The van der Waals surface area contributed by atoms with Crippen molar-refractivity contribution in [2.45, 2.75) is 9.92 Å². The number of benzene rings is 5. The van der Waals surface area contributed by atoms with Crippen LogP contribution in [-0.2, 0) is 0 Å². The zero-order valence-electron chi connectivity index (χ0n) is 19.3. The first-order valence-electron chi connectivity index (χ1n) is 12.1. The fourth-order valence-corrected chi connectivity index (χ4v) is 6.76. The Hall–Kier alpha value is -4.34. The maximum atomic E-state index is 4.78. The summed E-state index contributed by atoms with van der Waals surface area (Å²) >= 11 is 1.77. The maximum absolute atomic E-state index is 4.78. The van der Waals surface area contributed by atoms with Gasteiger partial charge in [0.15, 0.2) is 0 Å². The van der Waals surface area contributed by atoms with Crippen LogP contribution in [0.3, 0.4) is 0 Å². The van der Waals surface area contributed by atoms with Crippen molar-refractivity contribution in [1.29, 1.82) is 0 Å². The minimum Gasteiger partial charge on any atom is -0.309 e. The van der Waals surface area contributed by atoms with Gasteiger partial charge in [0.1, 0.15) is 5.03 Å². The minimum absolute atomic E-state index is 1.09. The molecule has 0 spiro atoms. The van der Waals surface area contributed by atoms with E-state index in [1.54, 1.807) is 11.8 Å². The molecule has 3 heteroatoms. The number of hydrogen-bond acceptors (Lipinski definition) is 2. The summed E-state index contributed by atoms with van der Waals surface area (Å²) in [6, 6.07) is 41.5. The smallest absolute Gasteiger partial charge is 0.109 e. The second-order valence-corrected chi connectivity index (χ2v) is 10.3. The molecular formula is C33H20N2S. The van der Waals surface area contributed by atoms with E-state index in [9.17, 15) is 0 Å². The molecule has 5 aromatic carbocycles. The Morgan fingerprint density at radius 1 is 0.556 bits per heavy atom. The van der Waals surface area contributed by atoms with Crippen LogP contribution in [0.4, 0.5) is 0 Å². The van der Waals surface area contributed by atoms with Gasteiger partial charge in [-0.3, -0.25) is 0 Å². The van der Waals surface area contributed by atoms with E-state index in [2.05, 4.69) is 120 Å². The van der Waals surface area contributed by atoms with Crippen LogP contribution in [0.25, 0.3) is 60.5 Å². The van der Waals surface area contributed by atoms with Gasteiger partial charge in [0, 0.05) is 32.9 Å². The Morgan fingerprint density at radius 2 is 1.31 bits per heavy atom. The van der Waals surface area contributed by atoms with Crippen LogP contribution < -0.4 is 0 Å². The highest BCUT2D eigenvalue weighted by atomic mass is 32.2. The normalized spacial score (nSPS) is 12.3. The van der Waals surface area contributed by atoms with Crippen molar-refractivity contribution in [3.63, 3.8) is 0 Å². The SMILES string of the molecule is c1ccc(-c2ccc(-n3c4ccccc4c4c5ccnc6c5c(cc43)-c3ccccc3S6)cc2)cc1. The van der Waals surface area contributed by atoms with Crippen molar-refractivity contribution in [3.05, 3.63) is 121 Å². The zero-order valence-corrected chi connectivity index (χ0v) is 20.2. The lowest BCUT2D eigenvalue weighted by Crippen LogP contribution is -1.97. The summed E-state index contributed by atoms with van der Waals surface area (Å²) in [6.45, 7) is 0. The number of para-hydroxylation sites is 1. The van der Waals surface area contributed by atoms with Crippen LogP contribution in [0.1, 0.15) is 0 Å². The van der Waals surface area contributed by atoms with Gasteiger partial charge in [-0.25, -0.2) is 4.98 Å². The summed E-state index contributed by atoms with van der Waals surface area (Å²) in [5.41, 5.74) is 8.62. The van der Waals surface area contributed by atoms with Crippen molar-refractivity contribution in [1.82, 2.24) is 9.55 Å². The first-order chi connectivity index (χ1) is 17.9. The highest BCUT2D eigenvalue weighted by Crippen LogP contribution is 2.50. The van der Waals surface area contributed by atoms with Gasteiger partial charge in [-0.15, -0.1) is 0 Å². The first-order valence-corrected chi connectivity index (χ1v) is 13.0. The van der Waals surface area contributed by atoms with Gasteiger partial charge < -0.3 is 4.57 Å². The number of pyridine rings is 1. The van der Waals surface area contributed by atoms with Crippen LogP contribution in [0, 0.1) is 0 Å².